The zero-order valence-corrected chi connectivity index (χ0v) is 16.0. The molecule has 2 aliphatic heterocycles. The number of carbonyl (C=O) groups excluding carboxylic acids is 1. The average Bonchev–Trinajstić information content (AvgIpc) is 3.23. The fraction of sp³-hybridized carbons (Fsp3) is 0.524. The molecule has 0 aliphatic carbocycles. The van der Waals surface area contributed by atoms with Gasteiger partial charge in [0.1, 0.15) is 5.82 Å². The molecule has 0 saturated carbocycles. The summed E-state index contributed by atoms with van der Waals surface area (Å²) < 4.78 is 19.8. The average molecular weight is 386 g/mol. The van der Waals surface area contributed by atoms with Crippen LogP contribution in [0.25, 0.3) is 11.3 Å². The lowest BCUT2D eigenvalue weighted by molar-refractivity contribution is -0.0349. The van der Waals surface area contributed by atoms with E-state index in [9.17, 15) is 9.18 Å². The van der Waals surface area contributed by atoms with Crippen LogP contribution < -0.4 is 5.32 Å². The summed E-state index contributed by atoms with van der Waals surface area (Å²) in [6.07, 6.45) is 6.98. The molecule has 2 fully saturated rings. The molecular formula is C21H27FN4O2. The van der Waals surface area contributed by atoms with E-state index in [2.05, 4.69) is 20.4 Å². The van der Waals surface area contributed by atoms with E-state index in [4.69, 9.17) is 4.74 Å². The third kappa shape index (κ3) is 3.82. The Morgan fingerprint density at radius 2 is 1.96 bits per heavy atom. The summed E-state index contributed by atoms with van der Waals surface area (Å²) in [4.78, 5) is 15.5. The van der Waals surface area contributed by atoms with Gasteiger partial charge in [-0.05, 0) is 50.9 Å². The van der Waals surface area contributed by atoms with Crippen molar-refractivity contribution in [3.8, 4) is 11.3 Å². The summed E-state index contributed by atoms with van der Waals surface area (Å²) in [5.41, 5.74) is 1.07. The molecule has 7 heteroatoms. The summed E-state index contributed by atoms with van der Waals surface area (Å²) in [6.45, 7) is 4.15. The largest absolute Gasteiger partial charge is 0.381 e. The number of ether oxygens (including phenoxy) is 1. The SMILES string of the molecule is O=C(NCC1(N2CCCCC2)CCOCC1)c1cn[nH]c1-c1ccccc1F. The number of carbonyl (C=O) groups is 1. The zero-order valence-electron chi connectivity index (χ0n) is 16.0. The molecule has 0 bridgehead atoms. The number of halogens is 1. The molecule has 3 heterocycles. The van der Waals surface area contributed by atoms with E-state index in [0.717, 1.165) is 39.1 Å². The molecule has 28 heavy (non-hydrogen) atoms. The van der Waals surface area contributed by atoms with Crippen LogP contribution in [0.4, 0.5) is 4.39 Å². The molecule has 1 aromatic carbocycles. The number of likely N-dealkylation sites (tertiary alicyclic amines) is 1. The lowest BCUT2D eigenvalue weighted by atomic mass is 9.86. The smallest absolute Gasteiger partial charge is 0.255 e. The normalized spacial score (nSPS) is 20.0. The van der Waals surface area contributed by atoms with Gasteiger partial charge in [0.2, 0.25) is 0 Å². The molecule has 150 valence electrons. The summed E-state index contributed by atoms with van der Waals surface area (Å²) in [7, 11) is 0. The highest BCUT2D eigenvalue weighted by atomic mass is 19.1. The maximum atomic E-state index is 14.2. The van der Waals surface area contributed by atoms with Crippen LogP contribution in [0.1, 0.15) is 42.5 Å². The van der Waals surface area contributed by atoms with Crippen LogP contribution in [0.3, 0.4) is 0 Å². The van der Waals surface area contributed by atoms with Crippen molar-refractivity contribution in [2.24, 2.45) is 0 Å². The van der Waals surface area contributed by atoms with Crippen molar-refractivity contribution in [1.82, 2.24) is 20.4 Å². The van der Waals surface area contributed by atoms with Crippen LogP contribution in [0.15, 0.2) is 30.5 Å². The van der Waals surface area contributed by atoms with Gasteiger partial charge in [-0.1, -0.05) is 18.6 Å². The number of aromatic nitrogens is 2. The second-order valence-corrected chi connectivity index (χ2v) is 7.71. The van der Waals surface area contributed by atoms with Crippen LogP contribution in [0, 0.1) is 5.82 Å². The number of amides is 1. The molecule has 4 rings (SSSR count). The van der Waals surface area contributed by atoms with Gasteiger partial charge in [-0.2, -0.15) is 5.10 Å². The van der Waals surface area contributed by atoms with Crippen molar-refractivity contribution in [3.63, 3.8) is 0 Å². The molecule has 0 atom stereocenters. The van der Waals surface area contributed by atoms with Crippen LogP contribution in [0.2, 0.25) is 0 Å². The quantitative estimate of drug-likeness (QED) is 0.829. The molecule has 2 saturated heterocycles. The predicted molar refractivity (Wildman–Crippen MR) is 105 cm³/mol. The fourth-order valence-electron chi connectivity index (χ4n) is 4.39. The van der Waals surface area contributed by atoms with Gasteiger partial charge in [-0.15, -0.1) is 0 Å². The van der Waals surface area contributed by atoms with Gasteiger partial charge in [0.25, 0.3) is 5.91 Å². The van der Waals surface area contributed by atoms with Crippen molar-refractivity contribution in [2.75, 3.05) is 32.8 Å². The second kappa shape index (κ2) is 8.41. The highest BCUT2D eigenvalue weighted by Crippen LogP contribution is 2.31. The Kier molecular flexibility index (Phi) is 5.73. The molecule has 0 spiro atoms. The molecule has 1 amide bonds. The summed E-state index contributed by atoms with van der Waals surface area (Å²) in [6, 6.07) is 6.40. The molecule has 0 unspecified atom stereocenters. The molecule has 2 aliphatic rings. The lowest BCUT2D eigenvalue weighted by Crippen LogP contribution is -2.59. The number of hydrogen-bond donors (Lipinski definition) is 2. The van der Waals surface area contributed by atoms with Gasteiger partial charge in [0.15, 0.2) is 0 Å². The summed E-state index contributed by atoms with van der Waals surface area (Å²) >= 11 is 0. The molecule has 2 aromatic rings. The first-order valence-electron chi connectivity index (χ1n) is 10.1. The zero-order chi connectivity index (χ0) is 19.4. The van der Waals surface area contributed by atoms with Crippen molar-refractivity contribution >= 4 is 5.91 Å². The monoisotopic (exact) mass is 386 g/mol. The minimum Gasteiger partial charge on any atom is -0.381 e. The van der Waals surface area contributed by atoms with Gasteiger partial charge in [0, 0.05) is 30.9 Å². The topological polar surface area (TPSA) is 70.2 Å². The first-order valence-corrected chi connectivity index (χ1v) is 10.1. The van der Waals surface area contributed by atoms with Crippen molar-refractivity contribution in [1.29, 1.82) is 0 Å². The van der Waals surface area contributed by atoms with Crippen molar-refractivity contribution in [2.45, 2.75) is 37.6 Å². The van der Waals surface area contributed by atoms with Crippen molar-refractivity contribution in [3.05, 3.63) is 41.8 Å². The lowest BCUT2D eigenvalue weighted by Gasteiger charge is -2.48. The molecule has 6 nitrogen and oxygen atoms in total. The van der Waals surface area contributed by atoms with Gasteiger partial charge < -0.3 is 10.1 Å². The number of nitrogens with one attached hydrogen (secondary N) is 2. The molecule has 2 N–H and O–H groups in total. The third-order valence-corrected chi connectivity index (χ3v) is 6.06. The van der Waals surface area contributed by atoms with Gasteiger partial charge in [0.05, 0.1) is 17.5 Å². The molecular weight excluding hydrogens is 359 g/mol. The Bertz CT molecular complexity index is 810. The number of piperidine rings is 1. The Hall–Kier alpha value is -2.25. The first-order chi connectivity index (χ1) is 13.7. The summed E-state index contributed by atoms with van der Waals surface area (Å²) in [5.74, 6) is -0.607. The van der Waals surface area contributed by atoms with E-state index in [0.29, 0.717) is 23.4 Å². The molecule has 1 aromatic heterocycles. The van der Waals surface area contributed by atoms with Crippen molar-refractivity contribution < 1.29 is 13.9 Å². The van der Waals surface area contributed by atoms with Gasteiger partial charge in [-0.3, -0.25) is 14.8 Å². The summed E-state index contributed by atoms with van der Waals surface area (Å²) in [5, 5.41) is 9.86. The van der Waals surface area contributed by atoms with Gasteiger partial charge >= 0.3 is 0 Å². The number of nitrogens with zero attached hydrogens (tertiary/aromatic N) is 2. The van der Waals surface area contributed by atoms with E-state index >= 15 is 0 Å². The Morgan fingerprint density at radius 3 is 2.71 bits per heavy atom. The Labute approximate surface area is 164 Å². The van der Waals surface area contributed by atoms with Gasteiger partial charge in [-0.25, -0.2) is 4.39 Å². The highest BCUT2D eigenvalue weighted by molar-refractivity contribution is 5.99. The van der Waals surface area contributed by atoms with E-state index in [1.165, 1.54) is 31.5 Å². The number of H-pyrrole nitrogens is 1. The predicted octanol–water partition coefficient (Wildman–Crippen LogP) is 2.98. The fourth-order valence-corrected chi connectivity index (χ4v) is 4.39. The first kappa shape index (κ1) is 19.1. The number of benzene rings is 1. The van der Waals surface area contributed by atoms with E-state index in [1.54, 1.807) is 18.2 Å². The van der Waals surface area contributed by atoms with Crippen LogP contribution in [0.5, 0.6) is 0 Å². The third-order valence-electron chi connectivity index (χ3n) is 6.06. The standard InChI is InChI=1S/C21H27FN4O2/c22-18-7-3-2-6-16(18)19-17(14-24-25-19)20(27)23-15-21(8-12-28-13-9-21)26-10-4-1-5-11-26/h2-3,6-7,14H,1,4-5,8-13,15H2,(H,23,27)(H,24,25). The van der Waals surface area contributed by atoms with E-state index in [1.807, 2.05) is 0 Å². The highest BCUT2D eigenvalue weighted by Gasteiger charge is 2.39. The van der Waals surface area contributed by atoms with Crippen LogP contribution >= 0.6 is 0 Å². The molecule has 0 radical (unpaired) electrons. The minimum absolute atomic E-state index is 0.0593. The Morgan fingerprint density at radius 1 is 1.21 bits per heavy atom. The second-order valence-electron chi connectivity index (χ2n) is 7.71. The Balaban J connectivity index is 1.50. The maximum absolute atomic E-state index is 14.2. The minimum atomic E-state index is -0.380. The number of hydrogen-bond acceptors (Lipinski definition) is 4. The number of rotatable bonds is 5. The maximum Gasteiger partial charge on any atom is 0.255 e. The number of aromatic amines is 1. The van der Waals surface area contributed by atoms with Crippen LogP contribution in [-0.4, -0.2) is 59.4 Å². The van der Waals surface area contributed by atoms with E-state index < -0.39 is 0 Å². The van der Waals surface area contributed by atoms with Crippen LogP contribution in [-0.2, 0) is 4.74 Å². The van der Waals surface area contributed by atoms with E-state index in [-0.39, 0.29) is 17.3 Å².